The van der Waals surface area contributed by atoms with Gasteiger partial charge in [0.05, 0.1) is 54.4 Å². The lowest BCUT2D eigenvalue weighted by Gasteiger charge is -2.46. The van der Waals surface area contributed by atoms with Crippen LogP contribution < -0.4 is 26.2 Å². The lowest BCUT2D eigenvalue weighted by Crippen LogP contribution is -2.61. The van der Waals surface area contributed by atoms with Crippen LogP contribution in [0, 0.1) is 11.3 Å². The average Bonchev–Trinajstić information content (AvgIpc) is 1.60. The van der Waals surface area contributed by atoms with Gasteiger partial charge in [-0.1, -0.05) is 214 Å². The van der Waals surface area contributed by atoms with Crippen molar-refractivity contribution in [2.24, 2.45) is 0 Å². The maximum atomic E-state index is 10.7. The van der Waals surface area contributed by atoms with Crippen LogP contribution in [0.2, 0.25) is 0 Å². The predicted octanol–water partition coefficient (Wildman–Crippen LogP) is 25.2. The highest BCUT2D eigenvalue weighted by Gasteiger charge is 2.47. The quantitative estimate of drug-likeness (QED) is 0.153. The number of fused-ring (bicyclic) bond motifs is 19. The molecule has 14 aromatic carbocycles. The van der Waals surface area contributed by atoms with Crippen LogP contribution in [0.25, 0.3) is 149 Å². The molecule has 0 amide bonds. The molecule has 506 valence electrons. The van der Waals surface area contributed by atoms with E-state index >= 15 is 0 Å². The van der Waals surface area contributed by atoms with Crippen molar-refractivity contribution < 1.29 is 27.3 Å². The van der Waals surface area contributed by atoms with E-state index in [2.05, 4.69) is 218 Å². The van der Waals surface area contributed by atoms with Gasteiger partial charge in [-0.3, -0.25) is 0 Å². The van der Waals surface area contributed by atoms with E-state index in [1.807, 2.05) is 84.9 Å². The highest BCUT2D eigenvalue weighted by Crippen LogP contribution is 2.57. The zero-order valence-corrected chi connectivity index (χ0v) is 59.9. The minimum absolute atomic E-state index is 0.00379. The van der Waals surface area contributed by atoms with Crippen LogP contribution in [0.15, 0.2) is 284 Å². The van der Waals surface area contributed by atoms with Gasteiger partial charge >= 0.3 is 0 Å². The molecule has 0 radical (unpaired) electrons. The van der Waals surface area contributed by atoms with E-state index in [1.54, 1.807) is 4.57 Å². The molecule has 8 nitrogen and oxygen atoms in total. The van der Waals surface area contributed by atoms with Crippen LogP contribution in [-0.4, -0.2) is 11.3 Å². The fraction of sp³-hybridized carbons (Fsp3) is 0.124. The van der Waals surface area contributed by atoms with E-state index in [4.69, 9.17) is 19.0 Å². The molecular weight excluding hydrogens is 1300 g/mol. The number of aromatic nitrogens is 1. The first kappa shape index (κ1) is 54.9. The monoisotopic (exact) mass is 1370 g/mol. The van der Waals surface area contributed by atoms with Crippen molar-refractivity contribution in [1.82, 2.24) is 4.57 Å². The van der Waals surface area contributed by atoms with E-state index in [-0.39, 0.29) is 38.2 Å². The summed E-state index contributed by atoms with van der Waals surface area (Å²) < 4.78 is 96.8. The van der Waals surface area contributed by atoms with E-state index in [1.165, 1.54) is 11.1 Å². The molecule has 0 aliphatic carbocycles. The van der Waals surface area contributed by atoms with Gasteiger partial charge in [-0.15, -0.1) is 0 Å². The van der Waals surface area contributed by atoms with Gasteiger partial charge in [0.2, 0.25) is 0 Å². The molecular formula is C97H71BN4O4. The number of nitrogens with zero attached hydrogens (tertiary/aromatic N) is 4. The van der Waals surface area contributed by atoms with Crippen LogP contribution in [-0.2, 0) is 16.2 Å². The third kappa shape index (κ3) is 9.00. The molecule has 0 fully saturated rings. The summed E-state index contributed by atoms with van der Waals surface area (Å²) in [7, 11) is 0. The Labute approximate surface area is 623 Å². The Morgan fingerprint density at radius 1 is 0.358 bits per heavy atom. The summed E-state index contributed by atoms with van der Waals surface area (Å²) in [5, 5.41) is 18.0. The van der Waals surface area contributed by atoms with Crippen LogP contribution in [0.4, 0.5) is 34.1 Å². The number of benzene rings is 14. The van der Waals surface area contributed by atoms with Crippen LogP contribution in [0.1, 0.15) is 94.2 Å². The van der Waals surface area contributed by atoms with Gasteiger partial charge in [0.1, 0.15) is 44.7 Å². The normalized spacial score (nSPS) is 14.2. The highest BCUT2D eigenvalue weighted by molar-refractivity contribution is 7.00. The second-order valence-electron chi connectivity index (χ2n) is 31.7. The summed E-state index contributed by atoms with van der Waals surface area (Å²) in [5.41, 5.74) is 21.7. The van der Waals surface area contributed by atoms with Gasteiger partial charge in [-0.25, -0.2) is 0 Å². The molecule has 7 heterocycles. The molecule has 0 atom stereocenters. The van der Waals surface area contributed by atoms with Crippen molar-refractivity contribution in [2.45, 2.75) is 78.6 Å². The predicted molar refractivity (Wildman–Crippen MR) is 441 cm³/mol. The standard InChI is InChI=1S/C97H71BN4O4/c1-95(2,3)58-47-57(48-59(50-58)96(4,5)6)56-37-43-76-73(49-56)98-72-41-38-61(100-74-29-15-10-22-62(74)71-46-55(54-99)36-42-75(71)100)53-77(72)102(94-66(40-45-87-91(94)70-26-14-19-33-83(70)106-87)64-28-21-35-85-89(64)68-24-12-17-31-81(68)104-85)79-52-60(97(7,8)9)51-78(92(79)98)101(76)93-65(39-44-86-90(93)69-25-13-18-32-82(69)105-86)63-27-20-34-84-88(63)67-23-11-16-30-80(67)103-84/h10-53H,1-9H3/i10D,15D,22D,29D,36D,42D,46D. The minimum Gasteiger partial charge on any atom is -0.456 e. The summed E-state index contributed by atoms with van der Waals surface area (Å²) >= 11 is 0. The number of furan rings is 4. The number of hydrogen-bond donors (Lipinski definition) is 0. The number of para-hydroxylation sites is 5. The molecule has 21 rings (SSSR count). The van der Waals surface area contributed by atoms with E-state index < -0.39 is 54.4 Å². The Kier molecular flexibility index (Phi) is 11.5. The van der Waals surface area contributed by atoms with Gasteiger partial charge in [0.25, 0.3) is 6.71 Å². The van der Waals surface area contributed by atoms with Crippen LogP contribution in [0.5, 0.6) is 0 Å². The fourth-order valence-corrected chi connectivity index (χ4v) is 17.2. The summed E-state index contributed by atoms with van der Waals surface area (Å²) in [6, 6.07) is 77.8. The molecule has 0 spiro atoms. The van der Waals surface area contributed by atoms with Gasteiger partial charge < -0.3 is 32.0 Å². The number of nitriles is 1. The third-order valence-corrected chi connectivity index (χ3v) is 22.3. The van der Waals surface area contributed by atoms with Gasteiger partial charge in [-0.05, 0) is 187 Å². The van der Waals surface area contributed by atoms with Gasteiger partial charge in [0, 0.05) is 82.7 Å². The summed E-state index contributed by atoms with van der Waals surface area (Å²) in [5.74, 6) is 0. The number of rotatable bonds is 6. The van der Waals surface area contributed by atoms with E-state index in [0.29, 0.717) is 33.7 Å². The van der Waals surface area contributed by atoms with E-state index in [0.717, 1.165) is 149 Å². The Morgan fingerprint density at radius 2 is 0.830 bits per heavy atom. The fourth-order valence-electron chi connectivity index (χ4n) is 17.2. The topological polar surface area (TPSA) is 87.8 Å². The summed E-state index contributed by atoms with van der Waals surface area (Å²) in [6.07, 6.45) is 0. The molecule has 5 aromatic heterocycles. The molecule has 19 aromatic rings. The van der Waals surface area contributed by atoms with Crippen LogP contribution in [0.3, 0.4) is 0 Å². The number of anilines is 6. The Hall–Kier alpha value is -12.8. The zero-order chi connectivity index (χ0) is 77.6. The largest absolute Gasteiger partial charge is 0.456 e. The second-order valence-corrected chi connectivity index (χ2v) is 31.7. The Morgan fingerprint density at radius 3 is 1.36 bits per heavy atom. The van der Waals surface area contributed by atoms with Crippen molar-refractivity contribution in [2.75, 3.05) is 9.80 Å². The molecule has 0 unspecified atom stereocenters. The molecule has 0 bridgehead atoms. The summed E-state index contributed by atoms with van der Waals surface area (Å²) in [6.45, 7) is 19.8. The average molecular weight is 1370 g/mol. The molecule has 0 N–H and O–H groups in total. The zero-order valence-electron chi connectivity index (χ0n) is 66.9. The highest BCUT2D eigenvalue weighted by atomic mass is 16.3. The minimum atomic E-state index is -0.594. The molecule has 0 saturated carbocycles. The van der Waals surface area contributed by atoms with Crippen molar-refractivity contribution >= 4 is 167 Å². The van der Waals surface area contributed by atoms with Gasteiger partial charge in [0.15, 0.2) is 0 Å². The first-order valence-corrected chi connectivity index (χ1v) is 36.2. The number of hydrogen-bond acceptors (Lipinski definition) is 7. The molecule has 9 heteroatoms. The lowest BCUT2D eigenvalue weighted by atomic mass is 9.33. The van der Waals surface area contributed by atoms with Gasteiger partial charge in [-0.2, -0.15) is 5.26 Å². The Bertz CT molecular complexity index is 7510. The first-order chi connectivity index (χ1) is 54.3. The van der Waals surface area contributed by atoms with Crippen molar-refractivity contribution in [3.8, 4) is 45.1 Å². The maximum Gasteiger partial charge on any atom is 0.252 e. The third-order valence-electron chi connectivity index (χ3n) is 22.3. The second kappa shape index (κ2) is 22.1. The SMILES string of the molecule is [2H]c1c([2H])c([2H])c2c(c1[2H])c1c([2H])c(C#N)c([2H])c([2H])c1n2-c1ccc2c(c1)N(c1c(-c3cccc4oc5ccccc5c34)ccc3oc4ccccc4c13)c1cc(C(C)(C)C)cc3c1B2c1cc(-c2cc(C(C)(C)C)cc(C(C)(C)C)c2)ccc1N3c1c(-c2cccc3oc4ccccc4c23)ccc2oc3ccccc3c12. The smallest absolute Gasteiger partial charge is 0.252 e. The Balaban J connectivity index is 0.976. The first-order valence-electron chi connectivity index (χ1n) is 39.7. The molecule has 2 aliphatic rings. The van der Waals surface area contributed by atoms with Crippen molar-refractivity contribution in [3.63, 3.8) is 0 Å². The molecule has 0 saturated heterocycles. The maximum absolute atomic E-state index is 10.7. The lowest BCUT2D eigenvalue weighted by molar-refractivity contribution is 0.569. The molecule has 2 aliphatic heterocycles. The van der Waals surface area contributed by atoms with Crippen LogP contribution >= 0.6 is 0 Å². The van der Waals surface area contributed by atoms with Crippen molar-refractivity contribution in [3.05, 3.63) is 289 Å². The molecule has 106 heavy (non-hydrogen) atoms. The van der Waals surface area contributed by atoms with E-state index in [9.17, 15) is 13.5 Å². The summed E-state index contributed by atoms with van der Waals surface area (Å²) in [4.78, 5) is 4.92. The van der Waals surface area contributed by atoms with Crippen molar-refractivity contribution in [1.29, 1.82) is 5.26 Å².